The number of ether oxygens (including phenoxy) is 1. The Hall–Kier alpha value is -1.13. The third-order valence-corrected chi connectivity index (χ3v) is 5.92. The Kier molecular flexibility index (Phi) is 12.4. The zero-order valence-electron chi connectivity index (χ0n) is 18.5. The van der Waals surface area contributed by atoms with E-state index in [-0.39, 0.29) is 18.0 Å². The van der Waals surface area contributed by atoms with E-state index in [1.165, 1.54) is 31.1 Å². The molecule has 0 aromatic heterocycles. The van der Waals surface area contributed by atoms with Crippen LogP contribution in [-0.4, -0.2) is 35.5 Å². The van der Waals surface area contributed by atoms with E-state index in [4.69, 9.17) is 0 Å². The summed E-state index contributed by atoms with van der Waals surface area (Å²) in [4.78, 5) is 11.1. The molecule has 28 heavy (non-hydrogen) atoms. The molecule has 0 aromatic rings. The quantitative estimate of drug-likeness (QED) is 0.237. The van der Waals surface area contributed by atoms with Crippen LogP contribution < -0.4 is 0 Å². The minimum atomic E-state index is -0.431. The summed E-state index contributed by atoms with van der Waals surface area (Å²) in [5.41, 5.74) is 2.63. The Bertz CT molecular complexity index is 509. The Morgan fingerprint density at radius 2 is 1.96 bits per heavy atom. The molecule has 1 aliphatic carbocycles. The highest BCUT2D eigenvalue weighted by Crippen LogP contribution is 2.36. The molecule has 0 amide bonds. The van der Waals surface area contributed by atoms with Gasteiger partial charge in [0, 0.05) is 12.3 Å². The Morgan fingerprint density at radius 1 is 1.25 bits per heavy atom. The molecular weight excluding hydrogens is 352 g/mol. The van der Waals surface area contributed by atoms with Crippen LogP contribution in [0, 0.1) is 11.8 Å². The van der Waals surface area contributed by atoms with Crippen molar-refractivity contribution in [3.63, 3.8) is 0 Å². The van der Waals surface area contributed by atoms with E-state index in [1.54, 1.807) is 0 Å². The molecule has 0 saturated carbocycles. The number of aliphatic hydroxyl groups is 2. The molecule has 0 radical (unpaired) electrons. The van der Waals surface area contributed by atoms with Gasteiger partial charge in [-0.2, -0.15) is 0 Å². The van der Waals surface area contributed by atoms with Crippen LogP contribution in [0.2, 0.25) is 0 Å². The molecule has 0 heterocycles. The van der Waals surface area contributed by atoms with Gasteiger partial charge in [0.2, 0.25) is 0 Å². The molecule has 4 atom stereocenters. The highest BCUT2D eigenvalue weighted by molar-refractivity contribution is 5.68. The van der Waals surface area contributed by atoms with Crippen molar-refractivity contribution in [2.24, 2.45) is 11.8 Å². The lowest BCUT2D eigenvalue weighted by molar-refractivity contribution is -0.140. The van der Waals surface area contributed by atoms with Gasteiger partial charge in [-0.1, -0.05) is 69.2 Å². The van der Waals surface area contributed by atoms with Crippen LogP contribution in [0.5, 0.6) is 0 Å². The van der Waals surface area contributed by atoms with Crippen LogP contribution in [0.25, 0.3) is 0 Å². The fourth-order valence-corrected chi connectivity index (χ4v) is 4.16. The normalized spacial score (nSPS) is 22.1. The molecule has 0 aromatic carbocycles. The van der Waals surface area contributed by atoms with Gasteiger partial charge < -0.3 is 14.9 Å². The lowest BCUT2D eigenvalue weighted by Crippen LogP contribution is -2.16. The van der Waals surface area contributed by atoms with Crippen molar-refractivity contribution in [1.82, 2.24) is 0 Å². The summed E-state index contributed by atoms with van der Waals surface area (Å²) in [5.74, 6) is 0.427. The number of rotatable bonds is 14. The second-order valence-corrected chi connectivity index (χ2v) is 8.53. The largest absolute Gasteiger partial charge is 0.469 e. The molecule has 1 rings (SSSR count). The summed E-state index contributed by atoms with van der Waals surface area (Å²) >= 11 is 0. The van der Waals surface area contributed by atoms with E-state index in [0.29, 0.717) is 12.3 Å². The van der Waals surface area contributed by atoms with Crippen molar-refractivity contribution in [1.29, 1.82) is 0 Å². The fraction of sp³-hybridized carbons (Fsp3) is 0.792. The molecule has 4 nitrogen and oxygen atoms in total. The van der Waals surface area contributed by atoms with Gasteiger partial charge in [-0.3, -0.25) is 4.79 Å². The summed E-state index contributed by atoms with van der Waals surface area (Å²) in [6.45, 7) is 6.51. The molecule has 162 valence electrons. The number of hydrogen-bond donors (Lipinski definition) is 2. The smallest absolute Gasteiger partial charge is 0.305 e. The maximum absolute atomic E-state index is 11.1. The molecule has 0 bridgehead atoms. The van der Waals surface area contributed by atoms with E-state index in [0.717, 1.165) is 51.4 Å². The summed E-state index contributed by atoms with van der Waals surface area (Å²) < 4.78 is 4.67. The van der Waals surface area contributed by atoms with Crippen molar-refractivity contribution in [3.05, 3.63) is 23.3 Å². The maximum atomic E-state index is 11.1. The molecule has 0 unspecified atom stereocenters. The number of unbranched alkanes of at least 4 members (excludes halogenated alkanes) is 4. The first-order valence-corrected chi connectivity index (χ1v) is 11.2. The maximum Gasteiger partial charge on any atom is 0.305 e. The van der Waals surface area contributed by atoms with Gasteiger partial charge in [-0.25, -0.2) is 0 Å². The molecule has 0 aliphatic heterocycles. The molecular formula is C24H42O4. The van der Waals surface area contributed by atoms with Crippen LogP contribution in [0.3, 0.4) is 0 Å². The van der Waals surface area contributed by atoms with Gasteiger partial charge in [0.1, 0.15) is 0 Å². The van der Waals surface area contributed by atoms with Gasteiger partial charge in [-0.15, -0.1) is 0 Å². The zero-order chi connectivity index (χ0) is 20.9. The van der Waals surface area contributed by atoms with E-state index in [9.17, 15) is 15.0 Å². The van der Waals surface area contributed by atoms with Gasteiger partial charge >= 0.3 is 5.97 Å². The highest BCUT2D eigenvalue weighted by atomic mass is 16.5. The van der Waals surface area contributed by atoms with Crippen LogP contribution in [0.4, 0.5) is 0 Å². The first kappa shape index (κ1) is 24.9. The number of carbonyl (C=O) groups is 1. The average Bonchev–Trinajstić information content (AvgIpc) is 2.93. The van der Waals surface area contributed by atoms with Crippen molar-refractivity contribution in [3.8, 4) is 0 Å². The summed E-state index contributed by atoms with van der Waals surface area (Å²) in [7, 11) is 1.43. The lowest BCUT2D eigenvalue weighted by atomic mass is 9.92. The van der Waals surface area contributed by atoms with Crippen LogP contribution in [0.1, 0.15) is 91.4 Å². The van der Waals surface area contributed by atoms with Crippen LogP contribution in [-0.2, 0) is 9.53 Å². The number of aliphatic hydroxyl groups excluding tert-OH is 2. The number of esters is 1. The summed E-state index contributed by atoms with van der Waals surface area (Å²) in [5, 5.41) is 20.8. The fourth-order valence-electron chi connectivity index (χ4n) is 4.16. The predicted octanol–water partition coefficient (Wildman–Crippen LogP) is 5.33. The SMILES string of the molecule is CCCC[C@@H](C)C[C@H](O)/C=C/[C@@H]1C(CCCCCCC(=O)OC)=C(C)C[C@H]1O. The number of methoxy groups -OCH3 is 1. The van der Waals surface area contributed by atoms with Crippen molar-refractivity contribution in [2.45, 2.75) is 104 Å². The van der Waals surface area contributed by atoms with Crippen LogP contribution >= 0.6 is 0 Å². The first-order valence-electron chi connectivity index (χ1n) is 11.2. The van der Waals surface area contributed by atoms with Crippen molar-refractivity contribution < 1.29 is 19.7 Å². The van der Waals surface area contributed by atoms with Crippen molar-refractivity contribution in [2.75, 3.05) is 7.11 Å². The average molecular weight is 395 g/mol. The number of hydrogen-bond acceptors (Lipinski definition) is 4. The molecule has 1 aliphatic rings. The van der Waals surface area contributed by atoms with Gasteiger partial charge in [0.15, 0.2) is 0 Å². The molecule has 0 fully saturated rings. The van der Waals surface area contributed by atoms with E-state index in [1.807, 2.05) is 12.2 Å². The molecule has 2 N–H and O–H groups in total. The summed E-state index contributed by atoms with van der Waals surface area (Å²) in [6.07, 6.45) is 13.8. The van der Waals surface area contributed by atoms with E-state index in [2.05, 4.69) is 25.5 Å². The van der Waals surface area contributed by atoms with Gasteiger partial charge in [0.05, 0.1) is 19.3 Å². The monoisotopic (exact) mass is 394 g/mol. The molecule has 4 heteroatoms. The standard InChI is InChI=1S/C24H42O4/c1-5-6-11-18(2)16-20(25)14-15-22-21(19(3)17-23(22)26)12-9-7-8-10-13-24(27)28-4/h14-15,18,20,22-23,25-26H,5-13,16-17H2,1-4H3/b15-14+/t18-,20-,22-,23-/m1/s1. The Balaban J connectivity index is 2.43. The summed E-state index contributed by atoms with van der Waals surface area (Å²) in [6, 6.07) is 0. The third kappa shape index (κ3) is 9.38. The number of carbonyl (C=O) groups excluding carboxylic acids is 1. The second kappa shape index (κ2) is 13.9. The zero-order valence-corrected chi connectivity index (χ0v) is 18.5. The minimum absolute atomic E-state index is 0.0377. The Morgan fingerprint density at radius 3 is 2.64 bits per heavy atom. The second-order valence-electron chi connectivity index (χ2n) is 8.53. The molecule has 0 saturated heterocycles. The van der Waals surface area contributed by atoms with E-state index >= 15 is 0 Å². The first-order chi connectivity index (χ1) is 13.4. The third-order valence-electron chi connectivity index (χ3n) is 5.92. The Labute approximate surface area is 172 Å². The lowest BCUT2D eigenvalue weighted by Gasteiger charge is -2.17. The predicted molar refractivity (Wildman–Crippen MR) is 115 cm³/mol. The van der Waals surface area contributed by atoms with E-state index < -0.39 is 6.10 Å². The van der Waals surface area contributed by atoms with Crippen LogP contribution in [0.15, 0.2) is 23.3 Å². The van der Waals surface area contributed by atoms with Crippen molar-refractivity contribution >= 4 is 5.97 Å². The topological polar surface area (TPSA) is 66.8 Å². The van der Waals surface area contributed by atoms with Gasteiger partial charge in [-0.05, 0) is 44.9 Å². The molecule has 0 spiro atoms. The highest BCUT2D eigenvalue weighted by Gasteiger charge is 2.29. The van der Waals surface area contributed by atoms with Gasteiger partial charge in [0.25, 0.3) is 0 Å². The minimum Gasteiger partial charge on any atom is -0.469 e.